The van der Waals surface area contributed by atoms with Crippen molar-refractivity contribution in [1.82, 2.24) is 0 Å². The van der Waals surface area contributed by atoms with Crippen molar-refractivity contribution in [2.75, 3.05) is 20.3 Å². The van der Waals surface area contributed by atoms with Gasteiger partial charge in [-0.15, -0.1) is 6.58 Å². The van der Waals surface area contributed by atoms with Crippen LogP contribution < -0.4 is 4.74 Å². The van der Waals surface area contributed by atoms with E-state index in [1.165, 1.54) is 5.56 Å². The molecule has 1 fully saturated rings. The Labute approximate surface area is 349 Å². The van der Waals surface area contributed by atoms with Crippen LogP contribution >= 0.6 is 0 Å². The lowest BCUT2D eigenvalue weighted by atomic mass is 9.87. The molecule has 1 heterocycles. The van der Waals surface area contributed by atoms with Crippen molar-refractivity contribution in [2.24, 2.45) is 0 Å². The van der Waals surface area contributed by atoms with E-state index >= 15 is 0 Å². The van der Waals surface area contributed by atoms with E-state index in [1.807, 2.05) is 84.9 Å². The van der Waals surface area contributed by atoms with E-state index in [0.717, 1.165) is 44.7 Å². The van der Waals surface area contributed by atoms with Crippen LogP contribution in [0.1, 0.15) is 50.6 Å². The lowest BCUT2D eigenvalue weighted by Gasteiger charge is -2.47. The van der Waals surface area contributed by atoms with E-state index in [1.54, 1.807) is 13.2 Å². The van der Waals surface area contributed by atoms with Crippen LogP contribution in [0, 0.1) is 0 Å². The van der Waals surface area contributed by atoms with Gasteiger partial charge in [-0.3, -0.25) is 0 Å². The summed E-state index contributed by atoms with van der Waals surface area (Å²) in [5.41, 5.74) is 8.50. The third kappa shape index (κ3) is 12.1. The highest BCUT2D eigenvalue weighted by Gasteiger charge is 2.49. The lowest BCUT2D eigenvalue weighted by molar-refractivity contribution is -0.275. The predicted molar refractivity (Wildman–Crippen MR) is 231 cm³/mol. The van der Waals surface area contributed by atoms with Crippen molar-refractivity contribution >= 4 is 0 Å². The van der Waals surface area contributed by atoms with Crippen molar-refractivity contribution in [3.63, 3.8) is 0 Å². The Morgan fingerprint density at radius 3 is 1.56 bits per heavy atom. The summed E-state index contributed by atoms with van der Waals surface area (Å²) < 4.78 is 46.4. The van der Waals surface area contributed by atoms with Crippen LogP contribution in [0.4, 0.5) is 0 Å². The van der Waals surface area contributed by atoms with Crippen molar-refractivity contribution in [1.29, 1.82) is 0 Å². The van der Waals surface area contributed by atoms with Crippen molar-refractivity contribution in [3.8, 4) is 5.75 Å². The third-order valence-corrected chi connectivity index (χ3v) is 10.5. The quantitative estimate of drug-likeness (QED) is 0.0531. The van der Waals surface area contributed by atoms with Crippen LogP contribution in [-0.4, -0.2) is 44.7 Å². The molecule has 0 saturated carbocycles. The minimum absolute atomic E-state index is 0.273. The Kier molecular flexibility index (Phi) is 15.7. The van der Waals surface area contributed by atoms with Crippen LogP contribution in [-0.2, 0) is 67.9 Å². The third-order valence-electron chi connectivity index (χ3n) is 10.5. The summed E-state index contributed by atoms with van der Waals surface area (Å²) in [6, 6.07) is 55.6. The number of ether oxygens (including phenoxy) is 7. The molecule has 7 nitrogen and oxygen atoms in total. The van der Waals surface area contributed by atoms with Gasteiger partial charge in [0.15, 0.2) is 0 Å². The first kappa shape index (κ1) is 41.8. The summed E-state index contributed by atoms with van der Waals surface area (Å²) in [5.74, 6) is 0.823. The Morgan fingerprint density at radius 1 is 0.508 bits per heavy atom. The van der Waals surface area contributed by atoms with Gasteiger partial charge >= 0.3 is 0 Å². The highest BCUT2D eigenvalue weighted by Crippen LogP contribution is 2.40. The maximum atomic E-state index is 7.33. The molecule has 0 radical (unpaired) electrons. The molecule has 0 spiro atoms. The Balaban J connectivity index is 1.30. The smallest absolute Gasteiger partial charge is 0.118 e. The van der Waals surface area contributed by atoms with Gasteiger partial charge in [0.05, 0.1) is 53.4 Å². The fourth-order valence-electron chi connectivity index (χ4n) is 7.42. The summed E-state index contributed by atoms with van der Waals surface area (Å²) in [6.45, 7) is 6.45. The largest absolute Gasteiger partial charge is 0.497 e. The minimum atomic E-state index is -0.584. The number of hydrogen-bond donors (Lipinski definition) is 0. The second kappa shape index (κ2) is 22.1. The van der Waals surface area contributed by atoms with Crippen molar-refractivity contribution in [2.45, 2.75) is 70.0 Å². The zero-order valence-electron chi connectivity index (χ0n) is 33.8. The maximum Gasteiger partial charge on any atom is 0.118 e. The first-order chi connectivity index (χ1) is 29.2. The van der Waals surface area contributed by atoms with E-state index in [0.29, 0.717) is 46.1 Å². The Hall–Kier alpha value is -5.38. The molecule has 0 aliphatic carbocycles. The first-order valence-corrected chi connectivity index (χ1v) is 20.3. The summed E-state index contributed by atoms with van der Waals surface area (Å²) >= 11 is 0. The number of rotatable bonds is 21. The van der Waals surface area contributed by atoms with Crippen LogP contribution in [0.2, 0.25) is 0 Å². The van der Waals surface area contributed by atoms with Crippen LogP contribution in [0.5, 0.6) is 5.75 Å². The zero-order chi connectivity index (χ0) is 40.5. The molecule has 1 aliphatic heterocycles. The Morgan fingerprint density at radius 2 is 1.02 bits per heavy atom. The predicted octanol–water partition coefficient (Wildman–Crippen LogP) is 10.4. The molecule has 5 atom stereocenters. The fraction of sp³-hybridized carbons (Fsp3) is 0.269. The lowest BCUT2D eigenvalue weighted by Crippen LogP contribution is -2.58. The molecule has 0 unspecified atom stereocenters. The van der Waals surface area contributed by atoms with Gasteiger partial charge in [-0.05, 0) is 63.1 Å². The molecule has 0 bridgehead atoms. The molecule has 6 aromatic rings. The van der Waals surface area contributed by atoms with Gasteiger partial charge in [-0.25, -0.2) is 0 Å². The summed E-state index contributed by atoms with van der Waals surface area (Å²) in [7, 11) is 1.68. The molecule has 1 aliphatic rings. The van der Waals surface area contributed by atoms with E-state index in [-0.39, 0.29) is 6.61 Å². The van der Waals surface area contributed by atoms with Gasteiger partial charge in [-0.2, -0.15) is 0 Å². The van der Waals surface area contributed by atoms with E-state index < -0.39 is 30.5 Å². The summed E-state index contributed by atoms with van der Waals surface area (Å²) in [6.07, 6.45) is -0.291. The fourth-order valence-corrected chi connectivity index (χ4v) is 7.42. The molecule has 0 aromatic heterocycles. The average molecular weight is 791 g/mol. The molecule has 0 N–H and O–H groups in total. The standard InChI is InChI=1S/C52H54O7/c1-3-30-54-37-45-27-24-44(31-39-25-28-46(53-2)29-26-39)32-47(45)49-51(57-35-42-20-12-6-13-21-42)52(58-36-43-22-14-7-15-23-43)50(56-34-41-18-10-5-11-19-41)48(59-49)38-55-33-40-16-8-4-9-17-40/h3-29,32,48-52H,1,30-31,33-38H2,2H3/t48-,49+,50-,51+,52+/m1/s1. The topological polar surface area (TPSA) is 64.6 Å². The second-order valence-electron chi connectivity index (χ2n) is 14.7. The van der Waals surface area contributed by atoms with Crippen LogP contribution in [0.15, 0.2) is 176 Å². The monoisotopic (exact) mass is 790 g/mol. The van der Waals surface area contributed by atoms with E-state index in [4.69, 9.17) is 33.2 Å². The Bertz CT molecular complexity index is 2110. The van der Waals surface area contributed by atoms with Gasteiger partial charge in [-0.1, -0.05) is 158 Å². The molecule has 7 rings (SSSR count). The highest BCUT2D eigenvalue weighted by atomic mass is 16.6. The normalized spacial score (nSPS) is 19.0. The van der Waals surface area contributed by atoms with E-state index in [2.05, 4.69) is 85.4 Å². The molecule has 7 heteroatoms. The molecule has 0 amide bonds. The van der Waals surface area contributed by atoms with Gasteiger partial charge in [0.1, 0.15) is 36.3 Å². The summed E-state index contributed by atoms with van der Waals surface area (Å²) in [5, 5.41) is 0. The van der Waals surface area contributed by atoms with Crippen LogP contribution in [0.25, 0.3) is 0 Å². The second-order valence-corrected chi connectivity index (χ2v) is 14.7. The molecule has 1 saturated heterocycles. The maximum absolute atomic E-state index is 7.33. The van der Waals surface area contributed by atoms with Crippen LogP contribution in [0.3, 0.4) is 0 Å². The van der Waals surface area contributed by atoms with Gasteiger partial charge < -0.3 is 33.2 Å². The molecular formula is C52H54O7. The zero-order valence-corrected chi connectivity index (χ0v) is 33.8. The van der Waals surface area contributed by atoms with Gasteiger partial charge in [0.25, 0.3) is 0 Å². The average Bonchev–Trinajstić information content (AvgIpc) is 3.29. The number of methoxy groups -OCH3 is 1. The number of benzene rings is 6. The molecular weight excluding hydrogens is 737 g/mol. The van der Waals surface area contributed by atoms with Gasteiger partial charge in [0, 0.05) is 0 Å². The summed E-state index contributed by atoms with van der Waals surface area (Å²) in [4.78, 5) is 0. The highest BCUT2D eigenvalue weighted by molar-refractivity contribution is 5.39. The van der Waals surface area contributed by atoms with Gasteiger partial charge in [0.2, 0.25) is 0 Å². The van der Waals surface area contributed by atoms with E-state index in [9.17, 15) is 0 Å². The SMILES string of the molecule is C=CCOCc1ccc(Cc2ccc(OC)cc2)cc1[C@@H]1O[C@H](COCc2ccccc2)[C@@H](OCc2ccccc2)[C@H](OCc2ccccc2)[C@H]1OCc1ccccc1. The first-order valence-electron chi connectivity index (χ1n) is 20.3. The molecule has 6 aromatic carbocycles. The van der Waals surface area contributed by atoms with Crippen molar-refractivity contribution in [3.05, 3.63) is 221 Å². The molecule has 304 valence electrons. The number of hydrogen-bond acceptors (Lipinski definition) is 7. The van der Waals surface area contributed by atoms with Crippen molar-refractivity contribution < 1.29 is 33.2 Å². The minimum Gasteiger partial charge on any atom is -0.497 e. The molecule has 59 heavy (non-hydrogen) atoms.